The number of hydrogen-bond donors (Lipinski definition) is 0. The van der Waals surface area contributed by atoms with Gasteiger partial charge in [-0.25, -0.2) is 0 Å². The number of benzene rings is 1. The fraction of sp³-hybridized carbons (Fsp3) is 0.333. The van der Waals surface area contributed by atoms with E-state index in [0.29, 0.717) is 11.1 Å². The van der Waals surface area contributed by atoms with E-state index in [2.05, 4.69) is 6.58 Å². The van der Waals surface area contributed by atoms with Crippen molar-refractivity contribution in [2.45, 2.75) is 31.7 Å². The van der Waals surface area contributed by atoms with Crippen molar-refractivity contribution >= 4 is 19.9 Å². The second-order valence-corrected chi connectivity index (χ2v) is 10.2. The Labute approximate surface area is 114 Å². The van der Waals surface area contributed by atoms with Gasteiger partial charge in [0.2, 0.25) is 11.6 Å². The Morgan fingerprint density at radius 3 is 2.00 bits per heavy atom. The molecule has 0 heterocycles. The van der Waals surface area contributed by atoms with E-state index in [-0.39, 0.29) is 18.0 Å². The van der Waals surface area contributed by atoms with Crippen LogP contribution in [0.4, 0.5) is 0 Å². The van der Waals surface area contributed by atoms with Crippen LogP contribution in [0.15, 0.2) is 36.9 Å². The van der Waals surface area contributed by atoms with E-state index in [0.717, 1.165) is 0 Å². The average molecular weight is 274 g/mol. The predicted octanol–water partition coefficient (Wildman–Crippen LogP) is 3.23. The summed E-state index contributed by atoms with van der Waals surface area (Å²) in [6.45, 7) is 9.58. The summed E-state index contributed by atoms with van der Waals surface area (Å²) in [5, 5.41) is 0. The first-order valence-corrected chi connectivity index (χ1v) is 9.72. The van der Waals surface area contributed by atoms with Crippen LogP contribution in [-0.2, 0) is 4.43 Å². The Bertz CT molecular complexity index is 520. The van der Waals surface area contributed by atoms with Gasteiger partial charge in [0.25, 0.3) is 0 Å². The van der Waals surface area contributed by atoms with E-state index >= 15 is 0 Å². The van der Waals surface area contributed by atoms with Gasteiger partial charge < -0.3 is 4.43 Å². The third-order valence-corrected chi connectivity index (χ3v) is 4.02. The smallest absolute Gasteiger partial charge is 0.202 e. The van der Waals surface area contributed by atoms with E-state index in [4.69, 9.17) is 4.43 Å². The van der Waals surface area contributed by atoms with E-state index in [1.54, 1.807) is 30.3 Å². The van der Waals surface area contributed by atoms with Gasteiger partial charge in [-0.15, -0.1) is 6.58 Å². The minimum Gasteiger partial charge on any atom is -0.399 e. The molecule has 0 fully saturated rings. The van der Waals surface area contributed by atoms with Crippen LogP contribution in [0, 0.1) is 0 Å². The molecule has 0 aliphatic heterocycles. The van der Waals surface area contributed by atoms with Gasteiger partial charge in [0.1, 0.15) is 0 Å². The lowest BCUT2D eigenvalue weighted by molar-refractivity contribution is 0.0407. The number of Topliss-reactive ketones (excluding diaryl/α,β-unsaturated/α-hetero) is 2. The Morgan fingerprint density at radius 2 is 1.63 bits per heavy atom. The average Bonchev–Trinajstić information content (AvgIpc) is 2.52. The predicted molar refractivity (Wildman–Crippen MR) is 77.1 cm³/mol. The summed E-state index contributed by atoms with van der Waals surface area (Å²) in [4.78, 5) is 25.3. The monoisotopic (exact) mass is 274 g/mol. The Kier molecular flexibility index (Phi) is 3.32. The lowest BCUT2D eigenvalue weighted by Crippen LogP contribution is -2.50. The third-order valence-electron chi connectivity index (χ3n) is 3.06. The second kappa shape index (κ2) is 4.54. The molecule has 1 aliphatic rings. The summed E-state index contributed by atoms with van der Waals surface area (Å²) in [5.41, 5.74) is -0.448. The van der Waals surface area contributed by atoms with Gasteiger partial charge in [-0.1, -0.05) is 30.3 Å². The van der Waals surface area contributed by atoms with Crippen LogP contribution in [0.1, 0.15) is 27.1 Å². The lowest BCUT2D eigenvalue weighted by atomic mass is 9.94. The molecule has 0 amide bonds. The Hall–Kier alpha value is -1.52. The van der Waals surface area contributed by atoms with Crippen LogP contribution in [0.3, 0.4) is 0 Å². The van der Waals surface area contributed by atoms with Crippen LogP contribution in [0.2, 0.25) is 19.6 Å². The van der Waals surface area contributed by atoms with Crippen LogP contribution in [-0.4, -0.2) is 25.5 Å². The van der Waals surface area contributed by atoms with Crippen molar-refractivity contribution in [3.8, 4) is 0 Å². The molecule has 0 spiro atoms. The van der Waals surface area contributed by atoms with E-state index in [1.807, 2.05) is 19.6 Å². The van der Waals surface area contributed by atoms with Crippen LogP contribution in [0.5, 0.6) is 0 Å². The van der Waals surface area contributed by atoms with Gasteiger partial charge in [-0.05, 0) is 19.6 Å². The maximum atomic E-state index is 12.6. The zero-order chi connectivity index (χ0) is 14.3. The first-order valence-electron chi connectivity index (χ1n) is 6.31. The number of fused-ring (bicyclic) bond motifs is 1. The molecule has 0 atom stereocenters. The zero-order valence-electron chi connectivity index (χ0n) is 11.5. The van der Waals surface area contributed by atoms with Gasteiger partial charge in [0.05, 0.1) is 0 Å². The SMILES string of the molecule is C=CCC1(O[Si](C)(C)C)C(=O)c2ccccc2C1=O. The van der Waals surface area contributed by atoms with Gasteiger partial charge in [-0.3, -0.25) is 9.59 Å². The summed E-state index contributed by atoms with van der Waals surface area (Å²) < 4.78 is 6.00. The maximum Gasteiger partial charge on any atom is 0.202 e. The second-order valence-electron chi connectivity index (χ2n) is 5.74. The summed E-state index contributed by atoms with van der Waals surface area (Å²) in [6, 6.07) is 6.91. The molecule has 0 saturated carbocycles. The molecule has 0 aromatic heterocycles. The van der Waals surface area contributed by atoms with E-state index < -0.39 is 13.9 Å². The molecule has 2 rings (SSSR count). The maximum absolute atomic E-state index is 12.6. The molecule has 0 bridgehead atoms. The lowest BCUT2D eigenvalue weighted by Gasteiger charge is -2.32. The van der Waals surface area contributed by atoms with Crippen LogP contribution >= 0.6 is 0 Å². The highest BCUT2D eigenvalue weighted by molar-refractivity contribution is 6.70. The molecule has 1 aromatic carbocycles. The third kappa shape index (κ3) is 2.22. The van der Waals surface area contributed by atoms with E-state index in [9.17, 15) is 9.59 Å². The van der Waals surface area contributed by atoms with Gasteiger partial charge in [-0.2, -0.15) is 0 Å². The first kappa shape index (κ1) is 13.9. The van der Waals surface area contributed by atoms with Crippen molar-refractivity contribution < 1.29 is 14.0 Å². The molecule has 1 aromatic rings. The normalized spacial score (nSPS) is 17.4. The van der Waals surface area contributed by atoms with Crippen molar-refractivity contribution in [3.63, 3.8) is 0 Å². The number of carbonyl (C=O) groups is 2. The van der Waals surface area contributed by atoms with Crippen molar-refractivity contribution in [2.75, 3.05) is 0 Å². The van der Waals surface area contributed by atoms with Gasteiger partial charge >= 0.3 is 0 Å². The van der Waals surface area contributed by atoms with Crippen molar-refractivity contribution in [1.82, 2.24) is 0 Å². The quantitative estimate of drug-likeness (QED) is 0.481. The largest absolute Gasteiger partial charge is 0.399 e. The summed E-state index contributed by atoms with van der Waals surface area (Å²) in [7, 11) is -2.04. The van der Waals surface area contributed by atoms with E-state index in [1.165, 1.54) is 0 Å². The minimum absolute atomic E-state index is 0.226. The summed E-state index contributed by atoms with van der Waals surface area (Å²) >= 11 is 0. The Morgan fingerprint density at radius 1 is 1.16 bits per heavy atom. The molecular formula is C15H18O3Si. The molecule has 3 nitrogen and oxygen atoms in total. The number of rotatable bonds is 4. The number of carbonyl (C=O) groups excluding carboxylic acids is 2. The highest BCUT2D eigenvalue weighted by atomic mass is 28.4. The molecule has 19 heavy (non-hydrogen) atoms. The van der Waals surface area contributed by atoms with Gasteiger partial charge in [0, 0.05) is 17.5 Å². The van der Waals surface area contributed by atoms with Crippen molar-refractivity contribution in [2.24, 2.45) is 0 Å². The molecular weight excluding hydrogens is 256 g/mol. The Balaban J connectivity index is 2.56. The molecule has 0 N–H and O–H groups in total. The molecule has 100 valence electrons. The standard InChI is InChI=1S/C15H18O3Si/c1-5-10-15(18-19(2,3)4)13(16)11-8-6-7-9-12(11)14(15)17/h5-9H,1,10H2,2-4H3. The fourth-order valence-corrected chi connectivity index (χ4v) is 3.78. The minimum atomic E-state index is -2.04. The topological polar surface area (TPSA) is 43.4 Å². The molecule has 0 radical (unpaired) electrons. The number of ketones is 2. The van der Waals surface area contributed by atoms with Crippen LogP contribution < -0.4 is 0 Å². The molecule has 1 aliphatic carbocycles. The first-order chi connectivity index (χ1) is 8.82. The molecule has 0 saturated heterocycles. The van der Waals surface area contributed by atoms with Gasteiger partial charge in [0.15, 0.2) is 13.9 Å². The highest BCUT2D eigenvalue weighted by Crippen LogP contribution is 2.37. The van der Waals surface area contributed by atoms with Crippen molar-refractivity contribution in [3.05, 3.63) is 48.0 Å². The molecule has 0 unspecified atom stereocenters. The van der Waals surface area contributed by atoms with Crippen LogP contribution in [0.25, 0.3) is 0 Å². The van der Waals surface area contributed by atoms with Crippen molar-refractivity contribution in [1.29, 1.82) is 0 Å². The highest BCUT2D eigenvalue weighted by Gasteiger charge is 2.54. The summed E-state index contributed by atoms with van der Waals surface area (Å²) in [6.07, 6.45) is 1.81. The fourth-order valence-electron chi connectivity index (χ4n) is 2.46. The zero-order valence-corrected chi connectivity index (χ0v) is 12.5. The number of hydrogen-bond acceptors (Lipinski definition) is 3. The summed E-state index contributed by atoms with van der Waals surface area (Å²) in [5.74, 6) is -0.453. The molecule has 4 heteroatoms.